The Kier molecular flexibility index (Phi) is 3.51. The summed E-state index contributed by atoms with van der Waals surface area (Å²) in [5.74, 6) is -0.102. The minimum absolute atomic E-state index is 0.0319. The van der Waals surface area contributed by atoms with Crippen LogP contribution in [0, 0.1) is 6.92 Å². The van der Waals surface area contributed by atoms with E-state index in [1.807, 2.05) is 6.92 Å². The molecule has 1 heterocycles. The molecule has 1 aromatic rings. The van der Waals surface area contributed by atoms with E-state index in [1.165, 1.54) is 0 Å². The summed E-state index contributed by atoms with van der Waals surface area (Å²) in [5, 5.41) is 0. The smallest absolute Gasteiger partial charge is 0.368 e. The molecule has 0 spiro atoms. The molecule has 6 heteroatoms. The Morgan fingerprint density at radius 1 is 1.33 bits per heavy atom. The summed E-state index contributed by atoms with van der Waals surface area (Å²) in [6, 6.07) is 6.93. The first kappa shape index (κ1) is 13.5. The van der Waals surface area contributed by atoms with Gasteiger partial charge < -0.3 is 4.74 Å². The lowest BCUT2D eigenvalue weighted by molar-refractivity contribution is -0.145. The van der Waals surface area contributed by atoms with E-state index in [2.05, 4.69) is 0 Å². The van der Waals surface area contributed by atoms with Crippen LogP contribution < -0.4 is 0 Å². The summed E-state index contributed by atoms with van der Waals surface area (Å²) in [7, 11) is -1.46. The molecule has 2 rings (SSSR count). The molecule has 1 aliphatic heterocycles. The maximum atomic E-state index is 12.3. The number of alkyl halides is 3. The first-order valence-corrected chi connectivity index (χ1v) is 6.77. The summed E-state index contributed by atoms with van der Waals surface area (Å²) < 4.78 is 53.8. The maximum Gasteiger partial charge on any atom is 0.391 e. The minimum Gasteiger partial charge on any atom is -0.368 e. The van der Waals surface area contributed by atoms with Crippen molar-refractivity contribution in [3.8, 4) is 0 Å². The predicted octanol–water partition coefficient (Wildman–Crippen LogP) is 2.82. The Morgan fingerprint density at radius 3 is 2.33 bits per heavy atom. The van der Waals surface area contributed by atoms with Gasteiger partial charge in [0.05, 0.1) is 29.6 Å². The van der Waals surface area contributed by atoms with E-state index in [0.29, 0.717) is 4.90 Å². The summed E-state index contributed by atoms with van der Waals surface area (Å²) in [5.41, 5.74) is -0.253. The Morgan fingerprint density at radius 2 is 1.89 bits per heavy atom. The number of epoxide rings is 1. The summed E-state index contributed by atoms with van der Waals surface area (Å²) in [6.07, 6.45) is -5.31. The fourth-order valence-electron chi connectivity index (χ4n) is 1.72. The quantitative estimate of drug-likeness (QED) is 0.793. The van der Waals surface area contributed by atoms with Crippen molar-refractivity contribution in [3.05, 3.63) is 29.8 Å². The van der Waals surface area contributed by atoms with Gasteiger partial charge >= 0.3 is 6.18 Å². The molecule has 1 aromatic carbocycles. The molecule has 2 nitrogen and oxygen atoms in total. The third-order valence-corrected chi connectivity index (χ3v) is 4.34. The molecular formula is C12H13F3O2S. The second-order valence-corrected chi connectivity index (χ2v) is 6.02. The number of halogens is 3. The molecule has 2 atom stereocenters. The largest absolute Gasteiger partial charge is 0.391 e. The number of rotatable bonds is 4. The van der Waals surface area contributed by atoms with Crippen molar-refractivity contribution < 1.29 is 22.1 Å². The summed E-state index contributed by atoms with van der Waals surface area (Å²) in [6.45, 7) is 1.92. The van der Waals surface area contributed by atoms with E-state index in [9.17, 15) is 17.4 Å². The molecule has 1 fully saturated rings. The van der Waals surface area contributed by atoms with Crippen LogP contribution in [0.2, 0.25) is 0 Å². The van der Waals surface area contributed by atoms with Crippen LogP contribution >= 0.6 is 0 Å². The number of ether oxygens (including phenoxy) is 1. The molecule has 0 unspecified atom stereocenters. The SMILES string of the molecule is Cc1ccc([S@](=O)C[C@@]2(CC(F)(F)F)CO2)cc1. The van der Waals surface area contributed by atoms with Crippen LogP contribution in [0.25, 0.3) is 0 Å². The highest BCUT2D eigenvalue weighted by Gasteiger charge is 2.53. The van der Waals surface area contributed by atoms with Crippen LogP contribution in [0.1, 0.15) is 12.0 Å². The Bertz CT molecular complexity index is 449. The van der Waals surface area contributed by atoms with Gasteiger partial charge in [-0.05, 0) is 19.1 Å². The van der Waals surface area contributed by atoms with Crippen molar-refractivity contribution in [2.24, 2.45) is 0 Å². The van der Waals surface area contributed by atoms with E-state index in [0.717, 1.165) is 5.56 Å². The maximum absolute atomic E-state index is 12.3. The monoisotopic (exact) mass is 278 g/mol. The summed E-state index contributed by atoms with van der Waals surface area (Å²) in [4.78, 5) is 0.539. The zero-order valence-corrected chi connectivity index (χ0v) is 10.6. The van der Waals surface area contributed by atoms with Gasteiger partial charge in [0.15, 0.2) is 0 Å². The molecule has 0 bridgehead atoms. The third kappa shape index (κ3) is 3.55. The standard InChI is InChI=1S/C12H13F3O2S/c1-9-2-4-10(5-3-9)18(16)8-11(7-17-11)6-12(13,14)15/h2-5H,6-8H2,1H3/t11-,18-/m1/s1. The van der Waals surface area contributed by atoms with Crippen molar-refractivity contribution in [2.45, 2.75) is 30.0 Å². The van der Waals surface area contributed by atoms with Crippen LogP contribution in [-0.4, -0.2) is 28.3 Å². The highest BCUT2D eigenvalue weighted by molar-refractivity contribution is 7.85. The van der Waals surface area contributed by atoms with Gasteiger partial charge in [-0.15, -0.1) is 0 Å². The molecule has 0 aliphatic carbocycles. The van der Waals surface area contributed by atoms with Crippen LogP contribution in [0.15, 0.2) is 29.2 Å². The Balaban J connectivity index is 2.01. The third-order valence-electron chi connectivity index (χ3n) is 2.75. The highest BCUT2D eigenvalue weighted by Crippen LogP contribution is 2.40. The minimum atomic E-state index is -4.28. The number of aryl methyl sites for hydroxylation is 1. The van der Waals surface area contributed by atoms with Gasteiger partial charge in [-0.25, -0.2) is 0 Å². The molecule has 0 N–H and O–H groups in total. The number of hydrogen-bond acceptors (Lipinski definition) is 2. The fourth-order valence-corrected chi connectivity index (χ4v) is 3.07. The van der Waals surface area contributed by atoms with Gasteiger partial charge in [0, 0.05) is 4.90 Å². The van der Waals surface area contributed by atoms with Gasteiger partial charge in [0.1, 0.15) is 5.60 Å². The highest BCUT2D eigenvalue weighted by atomic mass is 32.2. The average Bonchev–Trinajstić information content (AvgIpc) is 2.95. The number of benzene rings is 1. The molecule has 18 heavy (non-hydrogen) atoms. The number of hydrogen-bond donors (Lipinski definition) is 0. The second kappa shape index (κ2) is 4.66. The second-order valence-electron chi connectivity index (χ2n) is 4.57. The first-order valence-electron chi connectivity index (χ1n) is 5.45. The van der Waals surface area contributed by atoms with Gasteiger partial charge in [-0.2, -0.15) is 13.2 Å². The van der Waals surface area contributed by atoms with E-state index in [-0.39, 0.29) is 12.4 Å². The van der Waals surface area contributed by atoms with Crippen LogP contribution in [-0.2, 0) is 15.5 Å². The van der Waals surface area contributed by atoms with Crippen molar-refractivity contribution in [2.75, 3.05) is 12.4 Å². The van der Waals surface area contributed by atoms with Gasteiger partial charge in [-0.3, -0.25) is 4.21 Å². The molecule has 0 aromatic heterocycles. The molecule has 1 saturated heterocycles. The Hall–Kier alpha value is -0.880. The van der Waals surface area contributed by atoms with Gasteiger partial charge in [0.25, 0.3) is 0 Å². The Labute approximate surface area is 106 Å². The fraction of sp³-hybridized carbons (Fsp3) is 0.500. The van der Waals surface area contributed by atoms with E-state index >= 15 is 0 Å². The van der Waals surface area contributed by atoms with E-state index in [1.54, 1.807) is 24.3 Å². The zero-order valence-electron chi connectivity index (χ0n) is 9.79. The average molecular weight is 278 g/mol. The predicted molar refractivity (Wildman–Crippen MR) is 61.8 cm³/mol. The van der Waals surface area contributed by atoms with Crippen molar-refractivity contribution >= 4 is 10.8 Å². The lowest BCUT2D eigenvalue weighted by Crippen LogP contribution is -2.28. The van der Waals surface area contributed by atoms with Crippen LogP contribution in [0.3, 0.4) is 0 Å². The lowest BCUT2D eigenvalue weighted by Gasteiger charge is -2.13. The molecule has 0 radical (unpaired) electrons. The normalized spacial score (nSPS) is 24.9. The van der Waals surface area contributed by atoms with Crippen molar-refractivity contribution in [1.29, 1.82) is 0 Å². The van der Waals surface area contributed by atoms with Crippen molar-refractivity contribution in [1.82, 2.24) is 0 Å². The molecular weight excluding hydrogens is 265 g/mol. The summed E-state index contributed by atoms with van der Waals surface area (Å²) >= 11 is 0. The zero-order chi connectivity index (χ0) is 13.4. The van der Waals surface area contributed by atoms with Crippen LogP contribution in [0.5, 0.6) is 0 Å². The molecule has 0 saturated carbocycles. The molecule has 1 aliphatic rings. The van der Waals surface area contributed by atoms with Gasteiger partial charge in [-0.1, -0.05) is 17.7 Å². The molecule has 0 amide bonds. The van der Waals surface area contributed by atoms with Crippen molar-refractivity contribution in [3.63, 3.8) is 0 Å². The molecule has 100 valence electrons. The topological polar surface area (TPSA) is 29.6 Å². The van der Waals surface area contributed by atoms with E-state index in [4.69, 9.17) is 4.74 Å². The van der Waals surface area contributed by atoms with Crippen LogP contribution in [0.4, 0.5) is 13.2 Å². The lowest BCUT2D eigenvalue weighted by atomic mass is 10.1. The van der Waals surface area contributed by atoms with Gasteiger partial charge in [0.2, 0.25) is 0 Å². The van der Waals surface area contributed by atoms with E-state index < -0.39 is 29.0 Å². The first-order chi connectivity index (χ1) is 8.30.